The summed E-state index contributed by atoms with van der Waals surface area (Å²) in [5, 5.41) is 48.6. The second kappa shape index (κ2) is 5.59. The molecule has 0 aromatic carbocycles. The number of aliphatic hydroxyl groups excluding tert-OH is 3. The molecule has 1 amide bonds. The van der Waals surface area contributed by atoms with Gasteiger partial charge >= 0.3 is 5.97 Å². The van der Waals surface area contributed by atoms with Gasteiger partial charge in [0, 0.05) is 6.42 Å². The molecule has 0 radical (unpaired) electrons. The van der Waals surface area contributed by atoms with E-state index < -0.39 is 49.1 Å². The maximum Gasteiger partial charge on any atom is 0.331 e. The first-order chi connectivity index (χ1) is 8.35. The normalized spacial score (nSPS) is 37.9. The molecule has 0 aromatic heterocycles. The molecule has 1 rings (SSSR count). The molecule has 1 aliphatic rings. The summed E-state index contributed by atoms with van der Waals surface area (Å²) in [6.45, 7) is -0.728. The number of hydrogen-bond acceptors (Lipinski definition) is 7. The summed E-state index contributed by atoms with van der Waals surface area (Å²) in [5.74, 6) is -4.00. The van der Waals surface area contributed by atoms with Gasteiger partial charge in [-0.15, -0.1) is 0 Å². The zero-order chi connectivity index (χ0) is 13.9. The van der Waals surface area contributed by atoms with E-state index in [1.54, 1.807) is 0 Å². The summed E-state index contributed by atoms with van der Waals surface area (Å²) in [6.07, 6.45) is -4.86. The van der Waals surface area contributed by atoms with Crippen molar-refractivity contribution in [1.82, 2.24) is 5.32 Å². The van der Waals surface area contributed by atoms with Crippen LogP contribution in [0, 0.1) is 0 Å². The number of carboxylic acids is 1. The van der Waals surface area contributed by atoms with E-state index >= 15 is 0 Å². The molecule has 5 unspecified atom stereocenters. The van der Waals surface area contributed by atoms with Crippen LogP contribution < -0.4 is 5.32 Å². The van der Waals surface area contributed by atoms with Crippen molar-refractivity contribution in [3.8, 4) is 0 Å². The third kappa shape index (κ3) is 2.76. The van der Waals surface area contributed by atoms with E-state index in [9.17, 15) is 24.9 Å². The molecule has 9 nitrogen and oxygen atoms in total. The van der Waals surface area contributed by atoms with Crippen LogP contribution in [0.25, 0.3) is 0 Å². The summed E-state index contributed by atoms with van der Waals surface area (Å²) in [4.78, 5) is 21.2. The molecule has 0 saturated carbocycles. The van der Waals surface area contributed by atoms with Gasteiger partial charge in [-0.3, -0.25) is 4.79 Å². The fourth-order valence-electron chi connectivity index (χ4n) is 1.84. The lowest BCUT2D eigenvalue weighted by Gasteiger charge is -2.44. The minimum absolute atomic E-state index is 0.0610. The Labute approximate surface area is 102 Å². The van der Waals surface area contributed by atoms with Crippen LogP contribution in [0.4, 0.5) is 0 Å². The number of amides is 1. The van der Waals surface area contributed by atoms with Crippen LogP contribution in [-0.4, -0.2) is 74.7 Å². The van der Waals surface area contributed by atoms with Gasteiger partial charge in [0.25, 0.3) is 0 Å². The minimum Gasteiger partial charge on any atom is -0.480 e. The summed E-state index contributed by atoms with van der Waals surface area (Å²) in [6, 6.07) is -1.83. The molecular formula is C9H15NO8. The van der Waals surface area contributed by atoms with Crippen LogP contribution in [0.3, 0.4) is 0 Å². The summed E-state index contributed by atoms with van der Waals surface area (Å²) >= 11 is 0. The number of aliphatic hydroxyl groups is 4. The Balaban J connectivity index is 2.96. The van der Waals surface area contributed by atoms with Crippen molar-refractivity contribution in [3.63, 3.8) is 0 Å². The highest BCUT2D eigenvalue weighted by molar-refractivity contribution is 5.77. The SMILES string of the molecule is O=CNC(C(=O)O)C1(O)CC(O)C(O)C(CO)O1. The van der Waals surface area contributed by atoms with E-state index in [0.29, 0.717) is 0 Å². The Morgan fingerprint density at radius 1 is 1.56 bits per heavy atom. The third-order valence-electron chi connectivity index (χ3n) is 2.74. The predicted molar refractivity (Wildman–Crippen MR) is 54.2 cm³/mol. The van der Waals surface area contributed by atoms with Crippen LogP contribution in [0.5, 0.6) is 0 Å². The van der Waals surface area contributed by atoms with Gasteiger partial charge in [-0.25, -0.2) is 4.79 Å². The van der Waals surface area contributed by atoms with Gasteiger partial charge in [-0.1, -0.05) is 0 Å². The lowest BCUT2D eigenvalue weighted by molar-refractivity contribution is -0.313. The summed E-state index contributed by atoms with van der Waals surface area (Å²) in [7, 11) is 0. The first-order valence-electron chi connectivity index (χ1n) is 5.15. The van der Waals surface area contributed by atoms with Crippen molar-refractivity contribution in [3.05, 3.63) is 0 Å². The highest BCUT2D eigenvalue weighted by Crippen LogP contribution is 2.30. The quantitative estimate of drug-likeness (QED) is 0.278. The molecule has 0 bridgehead atoms. The molecule has 1 saturated heterocycles. The molecule has 104 valence electrons. The summed E-state index contributed by atoms with van der Waals surface area (Å²) in [5.41, 5.74) is 0. The van der Waals surface area contributed by atoms with Crippen molar-refractivity contribution in [2.75, 3.05) is 6.61 Å². The van der Waals surface area contributed by atoms with E-state index in [1.165, 1.54) is 0 Å². The lowest BCUT2D eigenvalue weighted by Crippen LogP contribution is -2.65. The van der Waals surface area contributed by atoms with Crippen LogP contribution in [0.2, 0.25) is 0 Å². The Bertz CT molecular complexity index is 324. The van der Waals surface area contributed by atoms with E-state index in [-0.39, 0.29) is 6.41 Å². The van der Waals surface area contributed by atoms with E-state index in [1.807, 2.05) is 5.32 Å². The smallest absolute Gasteiger partial charge is 0.331 e. The van der Waals surface area contributed by atoms with Gasteiger partial charge in [0.2, 0.25) is 6.41 Å². The Kier molecular flexibility index (Phi) is 4.59. The number of nitrogens with one attached hydrogen (secondary N) is 1. The van der Waals surface area contributed by atoms with Gasteiger partial charge in [0.1, 0.15) is 12.2 Å². The average molecular weight is 265 g/mol. The molecule has 0 aliphatic carbocycles. The molecule has 18 heavy (non-hydrogen) atoms. The topological polar surface area (TPSA) is 157 Å². The second-order valence-electron chi connectivity index (χ2n) is 4.00. The van der Waals surface area contributed by atoms with Crippen molar-refractivity contribution >= 4 is 12.4 Å². The first kappa shape index (κ1) is 14.8. The zero-order valence-corrected chi connectivity index (χ0v) is 9.26. The highest BCUT2D eigenvalue weighted by Gasteiger charge is 2.52. The number of rotatable bonds is 5. The molecule has 5 atom stereocenters. The van der Waals surface area contributed by atoms with Gasteiger partial charge in [-0.2, -0.15) is 0 Å². The van der Waals surface area contributed by atoms with Crippen LogP contribution in [-0.2, 0) is 14.3 Å². The molecule has 1 fully saturated rings. The zero-order valence-electron chi connectivity index (χ0n) is 9.26. The third-order valence-corrected chi connectivity index (χ3v) is 2.74. The second-order valence-corrected chi connectivity index (χ2v) is 4.00. The maximum absolute atomic E-state index is 10.9. The van der Waals surface area contributed by atoms with Crippen molar-refractivity contribution in [2.45, 2.75) is 36.6 Å². The van der Waals surface area contributed by atoms with Crippen LogP contribution in [0.1, 0.15) is 6.42 Å². The highest BCUT2D eigenvalue weighted by atomic mass is 16.6. The van der Waals surface area contributed by atoms with Crippen molar-refractivity contribution < 1.29 is 39.9 Å². The van der Waals surface area contributed by atoms with Gasteiger partial charge < -0.3 is 35.6 Å². The standard InChI is InChI=1S/C9H15NO8/c11-2-5-6(14)4(13)1-9(17,18-5)7(8(15)16)10-3-12/h3-7,11,13-14,17H,1-2H2,(H,10,12)(H,15,16). The molecule has 1 heterocycles. The largest absolute Gasteiger partial charge is 0.480 e. The van der Waals surface area contributed by atoms with Crippen molar-refractivity contribution in [2.24, 2.45) is 0 Å². The average Bonchev–Trinajstić information content (AvgIpc) is 2.30. The Morgan fingerprint density at radius 3 is 2.61 bits per heavy atom. The number of carboxylic acid groups (broad SMARTS) is 1. The van der Waals surface area contributed by atoms with Gasteiger partial charge in [-0.05, 0) is 0 Å². The lowest BCUT2D eigenvalue weighted by atomic mass is 9.91. The molecule has 0 aromatic rings. The minimum atomic E-state index is -2.42. The van der Waals surface area contributed by atoms with E-state index in [2.05, 4.69) is 0 Å². The van der Waals surface area contributed by atoms with Gasteiger partial charge in [0.15, 0.2) is 11.8 Å². The fraction of sp³-hybridized carbons (Fsp3) is 0.778. The molecule has 0 spiro atoms. The van der Waals surface area contributed by atoms with Gasteiger partial charge in [0.05, 0.1) is 12.7 Å². The predicted octanol–water partition coefficient (Wildman–Crippen LogP) is -3.62. The monoisotopic (exact) mass is 265 g/mol. The molecular weight excluding hydrogens is 250 g/mol. The van der Waals surface area contributed by atoms with Crippen LogP contribution >= 0.6 is 0 Å². The molecule has 6 N–H and O–H groups in total. The number of carbonyl (C=O) groups excluding carboxylic acids is 1. The van der Waals surface area contributed by atoms with Crippen molar-refractivity contribution in [1.29, 1.82) is 0 Å². The fourth-order valence-corrected chi connectivity index (χ4v) is 1.84. The number of hydrogen-bond donors (Lipinski definition) is 6. The van der Waals surface area contributed by atoms with E-state index in [4.69, 9.17) is 14.9 Å². The number of carbonyl (C=O) groups is 2. The number of aliphatic carboxylic acids is 1. The van der Waals surface area contributed by atoms with E-state index in [0.717, 1.165) is 0 Å². The Morgan fingerprint density at radius 2 is 2.17 bits per heavy atom. The number of ether oxygens (including phenoxy) is 1. The molecule has 1 aliphatic heterocycles. The molecule has 9 heteroatoms. The first-order valence-corrected chi connectivity index (χ1v) is 5.15. The maximum atomic E-state index is 10.9. The summed E-state index contributed by atoms with van der Waals surface area (Å²) < 4.78 is 4.88. The Hall–Kier alpha value is -1.26. The van der Waals surface area contributed by atoms with Crippen LogP contribution in [0.15, 0.2) is 0 Å².